The van der Waals surface area contributed by atoms with E-state index in [-0.39, 0.29) is 6.10 Å². The second kappa shape index (κ2) is 10.5. The van der Waals surface area contributed by atoms with Crippen LogP contribution in [0.4, 0.5) is 0 Å². The van der Waals surface area contributed by atoms with Crippen LogP contribution in [-0.2, 0) is 17.8 Å². The van der Waals surface area contributed by atoms with Gasteiger partial charge in [-0.1, -0.05) is 30.3 Å². The van der Waals surface area contributed by atoms with Crippen molar-refractivity contribution >= 4 is 28.6 Å². The van der Waals surface area contributed by atoms with Gasteiger partial charge in [-0.2, -0.15) is 0 Å². The van der Waals surface area contributed by atoms with Crippen LogP contribution < -0.4 is 5.32 Å². The standard InChI is InChI=1S/C21H27N5OS2/c1-5-22-21(26(3)12-17-13-29-20(24-17)15(2)27-4)23-11-19-25-18(14-28-19)16-9-7-6-8-10-16/h6-10,13-15H,5,11-12H2,1-4H3,(H,22,23). The summed E-state index contributed by atoms with van der Waals surface area (Å²) in [5.41, 5.74) is 3.15. The molecule has 0 aliphatic heterocycles. The summed E-state index contributed by atoms with van der Waals surface area (Å²) in [7, 11) is 3.73. The van der Waals surface area contributed by atoms with Crippen molar-refractivity contribution in [1.29, 1.82) is 0 Å². The van der Waals surface area contributed by atoms with Gasteiger partial charge in [-0.25, -0.2) is 15.0 Å². The fourth-order valence-electron chi connectivity index (χ4n) is 2.74. The van der Waals surface area contributed by atoms with Crippen molar-refractivity contribution in [2.75, 3.05) is 20.7 Å². The van der Waals surface area contributed by atoms with Crippen LogP contribution in [0, 0.1) is 0 Å². The highest BCUT2D eigenvalue weighted by molar-refractivity contribution is 7.10. The van der Waals surface area contributed by atoms with Gasteiger partial charge in [0.15, 0.2) is 5.96 Å². The number of benzene rings is 1. The highest BCUT2D eigenvalue weighted by Crippen LogP contribution is 2.22. The Hall–Kier alpha value is -2.29. The third-order valence-corrected chi connectivity index (χ3v) is 6.24. The van der Waals surface area contributed by atoms with Crippen LogP contribution in [0.2, 0.25) is 0 Å². The van der Waals surface area contributed by atoms with Crippen LogP contribution in [0.15, 0.2) is 46.1 Å². The molecule has 8 heteroatoms. The first kappa shape index (κ1) is 21.4. The molecule has 6 nitrogen and oxygen atoms in total. The molecule has 2 heterocycles. The number of thiazole rings is 2. The van der Waals surface area contributed by atoms with E-state index in [1.807, 2.05) is 32.2 Å². The van der Waals surface area contributed by atoms with Crippen molar-refractivity contribution in [2.24, 2.45) is 4.99 Å². The molecule has 3 rings (SSSR count). The van der Waals surface area contributed by atoms with Crippen molar-refractivity contribution < 1.29 is 4.74 Å². The van der Waals surface area contributed by atoms with Gasteiger partial charge in [0.2, 0.25) is 0 Å². The first-order valence-corrected chi connectivity index (χ1v) is 11.3. The van der Waals surface area contributed by atoms with Crippen LogP contribution >= 0.6 is 22.7 Å². The monoisotopic (exact) mass is 429 g/mol. The SMILES string of the molecule is CCNC(=NCc1nc(-c2ccccc2)cs1)N(C)Cc1csc(C(C)OC)n1. The van der Waals surface area contributed by atoms with E-state index in [0.29, 0.717) is 13.1 Å². The minimum atomic E-state index is 0.0182. The molecule has 0 spiro atoms. The third kappa shape index (κ3) is 5.85. The zero-order valence-corrected chi connectivity index (χ0v) is 18.9. The summed E-state index contributed by atoms with van der Waals surface area (Å²) in [4.78, 5) is 16.3. The molecule has 1 aromatic carbocycles. The number of ether oxygens (including phenoxy) is 1. The Bertz CT molecular complexity index is 922. The largest absolute Gasteiger partial charge is 0.375 e. The molecule has 1 unspecified atom stereocenters. The number of rotatable bonds is 8. The number of nitrogens with one attached hydrogen (secondary N) is 1. The predicted octanol–water partition coefficient (Wildman–Crippen LogP) is 4.57. The average Bonchev–Trinajstić information content (AvgIpc) is 3.41. The van der Waals surface area contributed by atoms with E-state index in [1.165, 1.54) is 0 Å². The van der Waals surface area contributed by atoms with E-state index in [0.717, 1.165) is 39.5 Å². The molecule has 0 aliphatic rings. The summed E-state index contributed by atoms with van der Waals surface area (Å²) in [6, 6.07) is 10.2. The molecule has 3 aromatic rings. The van der Waals surface area contributed by atoms with Crippen molar-refractivity contribution in [3.8, 4) is 11.3 Å². The van der Waals surface area contributed by atoms with Gasteiger partial charge in [-0.3, -0.25) is 0 Å². The Morgan fingerprint density at radius 2 is 2.00 bits per heavy atom. The summed E-state index contributed by atoms with van der Waals surface area (Å²) in [6.07, 6.45) is 0.0182. The lowest BCUT2D eigenvalue weighted by molar-refractivity contribution is 0.119. The highest BCUT2D eigenvalue weighted by Gasteiger charge is 2.13. The topological polar surface area (TPSA) is 62.6 Å². The van der Waals surface area contributed by atoms with Crippen LogP contribution in [-0.4, -0.2) is 41.5 Å². The van der Waals surface area contributed by atoms with E-state index in [1.54, 1.807) is 29.8 Å². The van der Waals surface area contributed by atoms with Crippen molar-refractivity contribution in [1.82, 2.24) is 20.2 Å². The molecule has 0 fully saturated rings. The zero-order chi connectivity index (χ0) is 20.6. The van der Waals surface area contributed by atoms with Crippen molar-refractivity contribution in [2.45, 2.75) is 33.0 Å². The Labute approximate surface area is 180 Å². The maximum Gasteiger partial charge on any atom is 0.194 e. The summed E-state index contributed by atoms with van der Waals surface area (Å²) >= 11 is 3.27. The summed E-state index contributed by atoms with van der Waals surface area (Å²) in [5, 5.41) is 9.52. The van der Waals surface area contributed by atoms with E-state index in [2.05, 4.69) is 45.0 Å². The van der Waals surface area contributed by atoms with E-state index in [9.17, 15) is 0 Å². The average molecular weight is 430 g/mol. The normalized spacial score (nSPS) is 12.8. The Morgan fingerprint density at radius 1 is 1.21 bits per heavy atom. The van der Waals surface area contributed by atoms with E-state index >= 15 is 0 Å². The minimum absolute atomic E-state index is 0.0182. The second-order valence-electron chi connectivity index (χ2n) is 6.57. The molecular weight excluding hydrogens is 402 g/mol. The minimum Gasteiger partial charge on any atom is -0.375 e. The lowest BCUT2D eigenvalue weighted by Gasteiger charge is -2.21. The van der Waals surface area contributed by atoms with Gasteiger partial charge >= 0.3 is 0 Å². The van der Waals surface area contributed by atoms with Crippen LogP contribution in [0.1, 0.15) is 35.7 Å². The van der Waals surface area contributed by atoms with Gasteiger partial charge in [0.05, 0.1) is 24.5 Å². The lowest BCUT2D eigenvalue weighted by atomic mass is 10.2. The maximum absolute atomic E-state index is 5.35. The second-order valence-corrected chi connectivity index (χ2v) is 8.41. The molecule has 154 valence electrons. The van der Waals surface area contributed by atoms with Crippen LogP contribution in [0.3, 0.4) is 0 Å². The number of aliphatic imine (C=N–C) groups is 1. The Balaban J connectivity index is 1.66. The number of aromatic nitrogens is 2. The molecule has 1 N–H and O–H groups in total. The van der Waals surface area contributed by atoms with Crippen LogP contribution in [0.5, 0.6) is 0 Å². The molecule has 0 aliphatic carbocycles. The van der Waals surface area contributed by atoms with Crippen molar-refractivity contribution in [3.63, 3.8) is 0 Å². The molecule has 0 radical (unpaired) electrons. The van der Waals surface area contributed by atoms with Gasteiger partial charge in [-0.05, 0) is 13.8 Å². The van der Waals surface area contributed by atoms with Gasteiger partial charge in [0, 0.05) is 37.0 Å². The Kier molecular flexibility index (Phi) is 7.74. The molecule has 0 bridgehead atoms. The first-order valence-electron chi connectivity index (χ1n) is 9.57. The lowest BCUT2D eigenvalue weighted by Crippen LogP contribution is -2.38. The Morgan fingerprint density at radius 3 is 2.72 bits per heavy atom. The summed E-state index contributed by atoms with van der Waals surface area (Å²) in [5.74, 6) is 0.846. The molecule has 29 heavy (non-hydrogen) atoms. The highest BCUT2D eigenvalue weighted by atomic mass is 32.1. The number of hydrogen-bond donors (Lipinski definition) is 1. The van der Waals surface area contributed by atoms with E-state index in [4.69, 9.17) is 14.7 Å². The predicted molar refractivity (Wildman–Crippen MR) is 121 cm³/mol. The van der Waals surface area contributed by atoms with Crippen LogP contribution in [0.25, 0.3) is 11.3 Å². The molecule has 0 saturated carbocycles. The smallest absolute Gasteiger partial charge is 0.194 e. The number of methoxy groups -OCH3 is 1. The van der Waals surface area contributed by atoms with Gasteiger partial charge < -0.3 is 15.0 Å². The molecule has 1 atom stereocenters. The van der Waals surface area contributed by atoms with Gasteiger partial charge in [0.1, 0.15) is 16.1 Å². The molecule has 0 amide bonds. The van der Waals surface area contributed by atoms with Crippen molar-refractivity contribution in [3.05, 3.63) is 56.8 Å². The first-order chi connectivity index (χ1) is 14.1. The fraction of sp³-hybridized carbons (Fsp3) is 0.381. The zero-order valence-electron chi connectivity index (χ0n) is 17.3. The van der Waals surface area contributed by atoms with Gasteiger partial charge in [-0.15, -0.1) is 22.7 Å². The maximum atomic E-state index is 5.35. The quantitative estimate of drug-likeness (QED) is 0.420. The fourth-order valence-corrected chi connectivity index (χ4v) is 4.31. The van der Waals surface area contributed by atoms with E-state index < -0.39 is 0 Å². The molecule has 2 aromatic heterocycles. The summed E-state index contributed by atoms with van der Waals surface area (Å²) < 4.78 is 5.35. The third-order valence-electron chi connectivity index (χ3n) is 4.35. The number of hydrogen-bond acceptors (Lipinski definition) is 6. The van der Waals surface area contributed by atoms with Gasteiger partial charge in [0.25, 0.3) is 0 Å². The molecule has 0 saturated heterocycles. The number of nitrogens with zero attached hydrogens (tertiary/aromatic N) is 4. The number of guanidine groups is 1. The molecular formula is C21H27N5OS2. The summed E-state index contributed by atoms with van der Waals surface area (Å²) in [6.45, 7) is 6.12.